The summed E-state index contributed by atoms with van der Waals surface area (Å²) in [5.74, 6) is 0.102. The quantitative estimate of drug-likeness (QED) is 0.744. The molecular formula is C17H14F4N2OS. The molecule has 2 aromatic carbocycles. The van der Waals surface area contributed by atoms with Crippen LogP contribution in [0.5, 0.6) is 0 Å². The minimum absolute atomic E-state index is 0.0653. The fourth-order valence-electron chi connectivity index (χ4n) is 2.54. The Hall–Kier alpha value is -2.22. The number of carbonyl (C=O) groups excluding carboxylic acids is 1. The number of anilines is 1. The molecule has 2 amide bonds. The van der Waals surface area contributed by atoms with Gasteiger partial charge in [-0.25, -0.2) is 9.18 Å². The van der Waals surface area contributed by atoms with Gasteiger partial charge in [-0.05, 0) is 29.8 Å². The van der Waals surface area contributed by atoms with Crippen LogP contribution in [0.3, 0.4) is 0 Å². The van der Waals surface area contributed by atoms with E-state index in [1.54, 1.807) is 6.07 Å². The molecule has 0 spiro atoms. The summed E-state index contributed by atoms with van der Waals surface area (Å²) < 4.78 is 51.7. The minimum Gasteiger partial charge on any atom is -0.308 e. The molecule has 1 atom stereocenters. The fraction of sp³-hybridized carbons (Fsp3) is 0.235. The lowest BCUT2D eigenvalue weighted by Gasteiger charge is -2.24. The van der Waals surface area contributed by atoms with Gasteiger partial charge in [-0.1, -0.05) is 24.3 Å². The van der Waals surface area contributed by atoms with Gasteiger partial charge in [0.05, 0.1) is 11.3 Å². The van der Waals surface area contributed by atoms with Gasteiger partial charge < -0.3 is 10.2 Å². The van der Waals surface area contributed by atoms with Crippen molar-refractivity contribution >= 4 is 23.5 Å². The maximum Gasteiger partial charge on any atom is 0.416 e. The van der Waals surface area contributed by atoms with Gasteiger partial charge in [-0.3, -0.25) is 0 Å². The topological polar surface area (TPSA) is 32.3 Å². The highest BCUT2D eigenvalue weighted by molar-refractivity contribution is 7.99. The third kappa shape index (κ3) is 3.89. The lowest BCUT2D eigenvalue weighted by atomic mass is 10.1. The van der Waals surface area contributed by atoms with Gasteiger partial charge in [0, 0.05) is 12.3 Å². The number of para-hydroxylation sites is 1. The van der Waals surface area contributed by atoms with Gasteiger partial charge in [0.1, 0.15) is 11.2 Å². The Bertz CT molecular complexity index is 764. The van der Waals surface area contributed by atoms with Gasteiger partial charge in [-0.2, -0.15) is 13.2 Å². The molecule has 3 rings (SSSR count). The van der Waals surface area contributed by atoms with Crippen LogP contribution < -0.4 is 5.32 Å². The largest absolute Gasteiger partial charge is 0.416 e. The number of hydrogen-bond acceptors (Lipinski definition) is 2. The summed E-state index contributed by atoms with van der Waals surface area (Å²) in [6.07, 6.45) is -4.40. The van der Waals surface area contributed by atoms with Crippen LogP contribution in [0, 0.1) is 5.82 Å². The van der Waals surface area contributed by atoms with Crippen LogP contribution >= 0.6 is 11.8 Å². The Balaban J connectivity index is 1.76. The van der Waals surface area contributed by atoms with E-state index in [2.05, 4.69) is 5.32 Å². The predicted molar refractivity (Wildman–Crippen MR) is 88.8 cm³/mol. The van der Waals surface area contributed by atoms with Crippen molar-refractivity contribution in [2.45, 2.75) is 11.6 Å². The summed E-state index contributed by atoms with van der Waals surface area (Å²) in [5.41, 5.74) is -0.0728. The highest BCUT2D eigenvalue weighted by Crippen LogP contribution is 2.39. The van der Waals surface area contributed by atoms with Crippen LogP contribution in [0.2, 0.25) is 0 Å². The molecule has 0 radical (unpaired) electrons. The number of nitrogens with one attached hydrogen (secondary N) is 1. The van der Waals surface area contributed by atoms with Crippen molar-refractivity contribution in [2.24, 2.45) is 0 Å². The van der Waals surface area contributed by atoms with Crippen LogP contribution in [0.4, 0.5) is 28.0 Å². The SMILES string of the molecule is O=C(Nc1ccccc1F)N1CCSC1c1ccc(C(F)(F)F)cc1. The smallest absolute Gasteiger partial charge is 0.308 e. The first-order valence-electron chi connectivity index (χ1n) is 7.47. The van der Waals surface area contributed by atoms with E-state index in [-0.39, 0.29) is 5.69 Å². The molecule has 25 heavy (non-hydrogen) atoms. The molecule has 3 nitrogen and oxygen atoms in total. The summed E-state index contributed by atoms with van der Waals surface area (Å²) >= 11 is 1.45. The maximum absolute atomic E-state index is 13.7. The Morgan fingerprint density at radius 3 is 2.44 bits per heavy atom. The molecule has 1 aliphatic rings. The number of alkyl halides is 3. The van der Waals surface area contributed by atoms with Gasteiger partial charge >= 0.3 is 12.2 Å². The van der Waals surface area contributed by atoms with Gasteiger partial charge in [0.15, 0.2) is 0 Å². The van der Waals surface area contributed by atoms with Crippen molar-refractivity contribution in [1.29, 1.82) is 0 Å². The van der Waals surface area contributed by atoms with E-state index in [0.717, 1.165) is 12.1 Å². The minimum atomic E-state index is -4.40. The second-order valence-electron chi connectivity index (χ2n) is 5.45. The number of urea groups is 1. The van der Waals surface area contributed by atoms with Crippen molar-refractivity contribution in [2.75, 3.05) is 17.6 Å². The van der Waals surface area contributed by atoms with Crippen LogP contribution in [0.15, 0.2) is 48.5 Å². The summed E-state index contributed by atoms with van der Waals surface area (Å²) in [6.45, 7) is 0.427. The summed E-state index contributed by atoms with van der Waals surface area (Å²) in [7, 11) is 0. The third-order valence-corrected chi connectivity index (χ3v) is 5.05. The predicted octanol–water partition coefficient (Wildman–Crippen LogP) is 5.12. The third-order valence-electron chi connectivity index (χ3n) is 3.79. The Labute approximate surface area is 146 Å². The molecule has 1 unspecified atom stereocenters. The number of amides is 2. The average molecular weight is 370 g/mol. The normalized spacial score (nSPS) is 17.6. The molecule has 0 saturated carbocycles. The Morgan fingerprint density at radius 2 is 1.80 bits per heavy atom. The number of nitrogens with zero attached hydrogens (tertiary/aromatic N) is 1. The summed E-state index contributed by atoms with van der Waals surface area (Å²) in [4.78, 5) is 13.9. The second-order valence-corrected chi connectivity index (χ2v) is 6.63. The lowest BCUT2D eigenvalue weighted by Crippen LogP contribution is -2.34. The number of carbonyl (C=O) groups is 1. The monoisotopic (exact) mass is 370 g/mol. The lowest BCUT2D eigenvalue weighted by molar-refractivity contribution is -0.137. The molecule has 0 aliphatic carbocycles. The molecule has 1 heterocycles. The van der Waals surface area contributed by atoms with Crippen molar-refractivity contribution in [3.05, 3.63) is 65.5 Å². The van der Waals surface area contributed by atoms with Crippen molar-refractivity contribution < 1.29 is 22.4 Å². The first-order chi connectivity index (χ1) is 11.9. The van der Waals surface area contributed by atoms with Crippen molar-refractivity contribution in [3.8, 4) is 0 Å². The zero-order valence-electron chi connectivity index (χ0n) is 12.9. The number of hydrogen-bond donors (Lipinski definition) is 1. The highest BCUT2D eigenvalue weighted by atomic mass is 32.2. The fourth-order valence-corrected chi connectivity index (χ4v) is 3.80. The summed E-state index contributed by atoms with van der Waals surface area (Å²) in [5, 5.41) is 2.10. The molecule has 132 valence electrons. The molecule has 2 aromatic rings. The van der Waals surface area contributed by atoms with E-state index in [4.69, 9.17) is 0 Å². The second kappa shape index (κ2) is 6.95. The molecule has 0 bridgehead atoms. The first kappa shape index (κ1) is 17.6. The van der Waals surface area contributed by atoms with E-state index in [1.165, 1.54) is 47.0 Å². The van der Waals surface area contributed by atoms with Crippen LogP contribution in [-0.2, 0) is 6.18 Å². The Kier molecular flexibility index (Phi) is 4.89. The zero-order valence-corrected chi connectivity index (χ0v) is 13.7. The molecule has 8 heteroatoms. The number of rotatable bonds is 2. The molecule has 1 N–H and O–H groups in total. The van der Waals surface area contributed by atoms with E-state index < -0.39 is 29.0 Å². The zero-order chi connectivity index (χ0) is 18.0. The van der Waals surface area contributed by atoms with E-state index in [0.29, 0.717) is 17.9 Å². The van der Waals surface area contributed by atoms with E-state index in [1.807, 2.05) is 0 Å². The molecule has 1 aliphatic heterocycles. The molecule has 1 saturated heterocycles. The number of benzene rings is 2. The van der Waals surface area contributed by atoms with Crippen LogP contribution in [0.1, 0.15) is 16.5 Å². The molecule has 1 fully saturated rings. The Morgan fingerprint density at radius 1 is 1.12 bits per heavy atom. The maximum atomic E-state index is 13.7. The summed E-state index contributed by atoms with van der Waals surface area (Å²) in [6, 6.07) is 10.1. The molecule has 0 aromatic heterocycles. The van der Waals surface area contributed by atoms with Crippen molar-refractivity contribution in [1.82, 2.24) is 4.90 Å². The van der Waals surface area contributed by atoms with E-state index >= 15 is 0 Å². The van der Waals surface area contributed by atoms with E-state index in [9.17, 15) is 22.4 Å². The standard InChI is InChI=1S/C17H14F4N2OS/c18-13-3-1-2-4-14(13)22-16(24)23-9-10-25-15(23)11-5-7-12(8-6-11)17(19,20)21/h1-8,15H,9-10H2,(H,22,24). The van der Waals surface area contributed by atoms with Gasteiger partial charge in [0.2, 0.25) is 0 Å². The van der Waals surface area contributed by atoms with Crippen molar-refractivity contribution in [3.63, 3.8) is 0 Å². The highest BCUT2D eigenvalue weighted by Gasteiger charge is 2.33. The number of thioether (sulfide) groups is 1. The van der Waals surface area contributed by atoms with Crippen LogP contribution in [0.25, 0.3) is 0 Å². The van der Waals surface area contributed by atoms with Gasteiger partial charge in [-0.15, -0.1) is 11.8 Å². The van der Waals surface area contributed by atoms with Gasteiger partial charge in [0.25, 0.3) is 0 Å². The first-order valence-corrected chi connectivity index (χ1v) is 8.52. The average Bonchev–Trinajstić information content (AvgIpc) is 3.06. The number of halogens is 4. The van der Waals surface area contributed by atoms with Crippen LogP contribution in [-0.4, -0.2) is 23.2 Å². The molecular weight excluding hydrogens is 356 g/mol.